The molecular formula is C29H30F2O. The van der Waals surface area contributed by atoms with E-state index in [1.54, 1.807) is 13.0 Å². The normalized spacial score (nSPS) is 18.0. The molecule has 0 heterocycles. The van der Waals surface area contributed by atoms with Gasteiger partial charge in [0.05, 0.1) is 6.61 Å². The zero-order valence-electron chi connectivity index (χ0n) is 18.8. The SMILES string of the molecule is CCCc1ccc(C2C=CC(c3ccc(-c4ccc(OCC)c(F)c4F)cc3)CC2)cc1. The van der Waals surface area contributed by atoms with Gasteiger partial charge in [-0.3, -0.25) is 0 Å². The second-order valence-electron chi connectivity index (χ2n) is 8.46. The number of rotatable bonds is 7. The van der Waals surface area contributed by atoms with Gasteiger partial charge in [-0.15, -0.1) is 0 Å². The van der Waals surface area contributed by atoms with E-state index in [9.17, 15) is 8.78 Å². The lowest BCUT2D eigenvalue weighted by Crippen LogP contribution is -2.06. The zero-order valence-corrected chi connectivity index (χ0v) is 18.8. The van der Waals surface area contributed by atoms with Crippen molar-refractivity contribution in [1.29, 1.82) is 0 Å². The molecule has 0 saturated heterocycles. The van der Waals surface area contributed by atoms with Crippen molar-refractivity contribution >= 4 is 0 Å². The van der Waals surface area contributed by atoms with Gasteiger partial charge < -0.3 is 4.74 Å². The minimum atomic E-state index is -0.933. The van der Waals surface area contributed by atoms with Gasteiger partial charge in [-0.25, -0.2) is 4.39 Å². The third kappa shape index (κ3) is 4.77. The van der Waals surface area contributed by atoms with E-state index in [1.807, 2.05) is 24.3 Å². The molecule has 0 spiro atoms. The standard InChI is InChI=1S/C29H30F2O/c1-3-5-20-6-8-21(9-7-20)22-10-12-23(13-11-22)24-14-16-25(17-15-24)26-18-19-27(32-4-2)29(31)28(26)30/h6-10,12,14-19,22-23H,3-5,11,13H2,1-2H3. The van der Waals surface area contributed by atoms with Crippen LogP contribution >= 0.6 is 0 Å². The Morgan fingerprint density at radius 3 is 1.88 bits per heavy atom. The Bertz CT molecular complexity index is 1070. The Morgan fingerprint density at radius 2 is 1.34 bits per heavy atom. The van der Waals surface area contributed by atoms with Crippen molar-refractivity contribution in [3.8, 4) is 16.9 Å². The molecule has 0 saturated carbocycles. The van der Waals surface area contributed by atoms with Gasteiger partial charge in [0.15, 0.2) is 11.6 Å². The Hall–Kier alpha value is -2.94. The summed E-state index contributed by atoms with van der Waals surface area (Å²) in [7, 11) is 0. The van der Waals surface area contributed by atoms with Gasteiger partial charge in [0.1, 0.15) is 0 Å². The molecule has 3 aromatic carbocycles. The summed E-state index contributed by atoms with van der Waals surface area (Å²) in [6, 6.07) is 19.9. The van der Waals surface area contributed by atoms with Gasteiger partial charge in [0.2, 0.25) is 5.82 Å². The second kappa shape index (κ2) is 10.1. The predicted molar refractivity (Wildman–Crippen MR) is 127 cm³/mol. The van der Waals surface area contributed by atoms with Crippen molar-refractivity contribution in [3.05, 3.63) is 101 Å². The minimum absolute atomic E-state index is 0.0488. The lowest BCUT2D eigenvalue weighted by Gasteiger charge is -2.24. The first-order valence-electron chi connectivity index (χ1n) is 11.6. The van der Waals surface area contributed by atoms with Crippen molar-refractivity contribution in [2.45, 2.75) is 51.4 Å². The van der Waals surface area contributed by atoms with E-state index in [0.29, 0.717) is 24.0 Å². The predicted octanol–water partition coefficient (Wildman–Crippen LogP) is 8.20. The number of allylic oxidation sites excluding steroid dienone is 2. The maximum absolute atomic E-state index is 14.5. The molecule has 0 amide bonds. The van der Waals surface area contributed by atoms with Crippen molar-refractivity contribution in [3.63, 3.8) is 0 Å². The summed E-state index contributed by atoms with van der Waals surface area (Å²) >= 11 is 0. The number of hydrogen-bond donors (Lipinski definition) is 0. The number of halogens is 2. The highest BCUT2D eigenvalue weighted by Crippen LogP contribution is 2.37. The molecule has 4 rings (SSSR count). The summed E-state index contributed by atoms with van der Waals surface area (Å²) in [5.41, 5.74) is 4.90. The Balaban J connectivity index is 1.46. The Labute approximate surface area is 189 Å². The van der Waals surface area contributed by atoms with Crippen LogP contribution in [0.2, 0.25) is 0 Å². The van der Waals surface area contributed by atoms with Crippen LogP contribution < -0.4 is 4.74 Å². The van der Waals surface area contributed by atoms with Crippen LogP contribution in [-0.2, 0) is 6.42 Å². The first-order chi connectivity index (χ1) is 15.6. The molecule has 1 aliphatic carbocycles. The van der Waals surface area contributed by atoms with Crippen LogP contribution in [0.3, 0.4) is 0 Å². The topological polar surface area (TPSA) is 9.23 Å². The monoisotopic (exact) mass is 432 g/mol. The van der Waals surface area contributed by atoms with Gasteiger partial charge in [0.25, 0.3) is 0 Å². The minimum Gasteiger partial charge on any atom is -0.491 e. The molecule has 2 unspecified atom stereocenters. The molecule has 0 bridgehead atoms. The third-order valence-corrected chi connectivity index (χ3v) is 6.31. The molecule has 0 N–H and O–H groups in total. The van der Waals surface area contributed by atoms with E-state index in [-0.39, 0.29) is 11.3 Å². The van der Waals surface area contributed by atoms with Crippen LogP contribution in [0.5, 0.6) is 5.75 Å². The van der Waals surface area contributed by atoms with Crippen molar-refractivity contribution in [1.82, 2.24) is 0 Å². The fourth-order valence-corrected chi connectivity index (χ4v) is 4.53. The quantitative estimate of drug-likeness (QED) is 0.342. The van der Waals surface area contributed by atoms with Crippen LogP contribution in [0.25, 0.3) is 11.1 Å². The van der Waals surface area contributed by atoms with Crippen LogP contribution in [0.1, 0.15) is 61.6 Å². The molecule has 0 radical (unpaired) electrons. The first kappa shape index (κ1) is 22.3. The van der Waals surface area contributed by atoms with Gasteiger partial charge in [0, 0.05) is 17.4 Å². The molecule has 3 aromatic rings. The summed E-state index contributed by atoms with van der Waals surface area (Å²) in [6.07, 6.45) is 9.09. The molecule has 0 fully saturated rings. The molecule has 166 valence electrons. The summed E-state index contributed by atoms with van der Waals surface area (Å²) in [5, 5.41) is 0. The van der Waals surface area contributed by atoms with E-state index in [1.165, 1.54) is 29.2 Å². The number of benzene rings is 3. The maximum Gasteiger partial charge on any atom is 0.201 e. The fourth-order valence-electron chi connectivity index (χ4n) is 4.53. The van der Waals surface area contributed by atoms with E-state index < -0.39 is 11.6 Å². The van der Waals surface area contributed by atoms with Crippen LogP contribution in [0.4, 0.5) is 8.78 Å². The zero-order chi connectivity index (χ0) is 22.5. The molecule has 3 heteroatoms. The molecule has 2 atom stereocenters. The highest BCUT2D eigenvalue weighted by atomic mass is 19.2. The molecule has 0 aliphatic heterocycles. The average Bonchev–Trinajstić information content (AvgIpc) is 2.83. The second-order valence-corrected chi connectivity index (χ2v) is 8.46. The summed E-state index contributed by atoms with van der Waals surface area (Å²) in [6.45, 7) is 4.25. The smallest absolute Gasteiger partial charge is 0.201 e. The highest BCUT2D eigenvalue weighted by Gasteiger charge is 2.20. The number of hydrogen-bond acceptors (Lipinski definition) is 1. The molecule has 1 nitrogen and oxygen atoms in total. The van der Waals surface area contributed by atoms with Gasteiger partial charge >= 0.3 is 0 Å². The molecule has 32 heavy (non-hydrogen) atoms. The van der Waals surface area contributed by atoms with E-state index in [4.69, 9.17) is 4.74 Å². The summed E-state index contributed by atoms with van der Waals surface area (Å²) in [5.74, 6) is -1.04. The summed E-state index contributed by atoms with van der Waals surface area (Å²) in [4.78, 5) is 0. The Morgan fingerprint density at radius 1 is 0.750 bits per heavy atom. The van der Waals surface area contributed by atoms with Gasteiger partial charge in [-0.05, 0) is 60.6 Å². The first-order valence-corrected chi connectivity index (χ1v) is 11.6. The van der Waals surface area contributed by atoms with Crippen molar-refractivity contribution < 1.29 is 13.5 Å². The fraction of sp³-hybridized carbons (Fsp3) is 0.310. The lowest BCUT2D eigenvalue weighted by atomic mass is 9.81. The van der Waals surface area contributed by atoms with Gasteiger partial charge in [-0.2, -0.15) is 4.39 Å². The van der Waals surface area contributed by atoms with Crippen LogP contribution in [0, 0.1) is 11.6 Å². The van der Waals surface area contributed by atoms with Gasteiger partial charge in [-0.1, -0.05) is 74.0 Å². The number of ether oxygens (including phenoxy) is 1. The average molecular weight is 433 g/mol. The van der Waals surface area contributed by atoms with E-state index >= 15 is 0 Å². The highest BCUT2D eigenvalue weighted by molar-refractivity contribution is 5.65. The van der Waals surface area contributed by atoms with E-state index in [0.717, 1.165) is 19.3 Å². The molecular weight excluding hydrogens is 402 g/mol. The van der Waals surface area contributed by atoms with Crippen molar-refractivity contribution in [2.75, 3.05) is 6.61 Å². The van der Waals surface area contributed by atoms with Crippen LogP contribution in [0.15, 0.2) is 72.8 Å². The number of aryl methyl sites for hydroxylation is 1. The van der Waals surface area contributed by atoms with Crippen molar-refractivity contribution in [2.24, 2.45) is 0 Å². The maximum atomic E-state index is 14.5. The molecule has 1 aliphatic rings. The molecule has 0 aromatic heterocycles. The summed E-state index contributed by atoms with van der Waals surface area (Å²) < 4.78 is 33.9. The van der Waals surface area contributed by atoms with E-state index in [2.05, 4.69) is 43.3 Å². The third-order valence-electron chi connectivity index (χ3n) is 6.31. The van der Waals surface area contributed by atoms with Crippen LogP contribution in [-0.4, -0.2) is 6.61 Å². The Kier molecular flexibility index (Phi) is 7.04. The largest absolute Gasteiger partial charge is 0.491 e. The lowest BCUT2D eigenvalue weighted by molar-refractivity contribution is 0.314.